The first-order chi connectivity index (χ1) is 31.2. The Morgan fingerprint density at radius 1 is 1.03 bits per heavy atom. The average Bonchev–Trinajstić information content (AvgIpc) is 4.06. The second-order valence-corrected chi connectivity index (χ2v) is 20.4. The number of ether oxygens (including phenoxy) is 3. The Kier molecular flexibility index (Phi) is 13.1. The summed E-state index contributed by atoms with van der Waals surface area (Å²) in [5.74, 6) is -4.49. The number of nitrogens with one attached hydrogen (secondary N) is 3. The number of amides is 4. The topological polar surface area (TPSA) is 200 Å². The summed E-state index contributed by atoms with van der Waals surface area (Å²) in [7, 11) is -3.17. The lowest BCUT2D eigenvalue weighted by molar-refractivity contribution is -0.244. The Bertz CT molecular complexity index is 2570. The minimum Gasteiger partial charge on any atom is -0.497 e. The number of carbonyl (C=O) groups excluding carboxylic acids is 4. The van der Waals surface area contributed by atoms with Crippen LogP contribution >= 0.6 is 0 Å². The maximum atomic E-state index is 14.9. The predicted molar refractivity (Wildman–Crippen MR) is 224 cm³/mol. The summed E-state index contributed by atoms with van der Waals surface area (Å²) in [6.07, 6.45) is -7.32. The number of nitrogens with zero attached hydrogens (tertiary/aromatic N) is 4. The number of sulfonamides is 1. The molecule has 1 aromatic carbocycles. The monoisotopic (exact) mass is 973 g/mol. The van der Waals surface area contributed by atoms with Crippen LogP contribution in [0.25, 0.3) is 16.7 Å². The standard InChI is InChI=1S/C43H50F7N7O9S/c1-23-8-6-7-9-25-20-41(25,37(60)55-67(62,63)40(22-44)13-14-40)53-35(58)30-18-27(21-56(30)36(59)34(24(2)16-23)52-38(61)66-39(3,4)43(48,49)50)65-31-19-33(57-15-12-32(54-57)42(45,46)47)51-29-17-26(64-5)10-11-28(29)31/h7,9-12,15,17,19,23-25,27,30,34H,6,8,13-14,16,18,20-22H2,1-5H3,(H,52,61)(H,53,58)(H,55,60)/b9-7-/t23-,24-,25?,27-,30+,34+,41-/m1/s1. The molecule has 2 aromatic heterocycles. The van der Waals surface area contributed by atoms with Gasteiger partial charge in [-0.25, -0.2) is 27.3 Å². The third-order valence-electron chi connectivity index (χ3n) is 12.9. The van der Waals surface area contributed by atoms with Gasteiger partial charge >= 0.3 is 18.4 Å². The number of fused-ring (bicyclic) bond motifs is 3. The molecule has 7 atom stereocenters. The van der Waals surface area contributed by atoms with E-state index in [1.54, 1.807) is 31.2 Å². The molecule has 0 spiro atoms. The number of hydrogen-bond donors (Lipinski definition) is 3. The summed E-state index contributed by atoms with van der Waals surface area (Å²) < 4.78 is 140. The van der Waals surface area contributed by atoms with Crippen molar-refractivity contribution in [1.82, 2.24) is 35.0 Å². The smallest absolute Gasteiger partial charge is 0.435 e. The van der Waals surface area contributed by atoms with Gasteiger partial charge in [-0.15, -0.1) is 0 Å². The fourth-order valence-electron chi connectivity index (χ4n) is 8.48. The van der Waals surface area contributed by atoms with Crippen molar-refractivity contribution in [3.05, 3.63) is 54.4 Å². The van der Waals surface area contributed by atoms with Crippen molar-refractivity contribution in [1.29, 1.82) is 0 Å². The molecule has 1 saturated heterocycles. The first-order valence-corrected chi connectivity index (χ1v) is 23.0. The molecule has 16 nitrogen and oxygen atoms in total. The molecular formula is C43H50F7N7O9S. The van der Waals surface area contributed by atoms with Gasteiger partial charge in [0.25, 0.3) is 5.91 Å². The number of halogens is 7. The number of pyridine rings is 1. The predicted octanol–water partition coefficient (Wildman–Crippen LogP) is 6.07. The maximum Gasteiger partial charge on any atom is 0.435 e. The van der Waals surface area contributed by atoms with E-state index in [2.05, 4.69) is 20.7 Å². The van der Waals surface area contributed by atoms with Gasteiger partial charge in [0.2, 0.25) is 27.4 Å². The van der Waals surface area contributed by atoms with E-state index < -0.39 is 111 Å². The van der Waals surface area contributed by atoms with Crippen LogP contribution in [0.1, 0.15) is 78.3 Å². The zero-order valence-corrected chi connectivity index (χ0v) is 37.8. The van der Waals surface area contributed by atoms with Gasteiger partial charge in [-0.2, -0.15) is 31.4 Å². The van der Waals surface area contributed by atoms with Gasteiger partial charge in [-0.1, -0.05) is 26.0 Å². The third-order valence-corrected chi connectivity index (χ3v) is 15.1. The van der Waals surface area contributed by atoms with Gasteiger partial charge in [-0.05, 0) is 82.4 Å². The van der Waals surface area contributed by atoms with Crippen molar-refractivity contribution in [2.45, 2.75) is 119 Å². The van der Waals surface area contributed by atoms with Crippen LogP contribution in [0.4, 0.5) is 35.5 Å². The molecule has 2 aliphatic heterocycles. The molecule has 0 bridgehead atoms. The number of methoxy groups -OCH3 is 1. The zero-order valence-electron chi connectivity index (χ0n) is 37.0. The summed E-state index contributed by atoms with van der Waals surface area (Å²) in [6.45, 7) is 3.04. The van der Waals surface area contributed by atoms with E-state index in [1.165, 1.54) is 19.2 Å². The van der Waals surface area contributed by atoms with Gasteiger partial charge < -0.3 is 29.7 Å². The van der Waals surface area contributed by atoms with Crippen molar-refractivity contribution in [3.8, 4) is 17.3 Å². The van der Waals surface area contributed by atoms with E-state index >= 15 is 0 Å². The first kappa shape index (κ1) is 49.2. The molecule has 0 radical (unpaired) electrons. The van der Waals surface area contributed by atoms with Crippen molar-refractivity contribution >= 4 is 44.7 Å². The van der Waals surface area contributed by atoms with Gasteiger partial charge in [0.1, 0.15) is 46.6 Å². The molecule has 2 aliphatic carbocycles. The SMILES string of the molecule is COc1ccc2c(O[C@@H]3C[C@H]4C(=O)N[C@]5(C(=O)NS(=O)(=O)C6(CF)CC6)CC5/C=C\CC[C@@H](C)C[C@@H](C)[C@H](NC(=O)OC(C)(C)C(F)(F)F)C(=O)N4C3)cc(-n3ccc(C(F)(F)F)n3)nc2c1. The van der Waals surface area contributed by atoms with Crippen LogP contribution in [0.5, 0.6) is 11.5 Å². The summed E-state index contributed by atoms with van der Waals surface area (Å²) in [4.78, 5) is 62.4. The fraction of sp³-hybridized carbons (Fsp3) is 0.581. The maximum absolute atomic E-state index is 14.9. The van der Waals surface area contributed by atoms with E-state index in [9.17, 15) is 58.3 Å². The highest BCUT2D eigenvalue weighted by molar-refractivity contribution is 7.91. The van der Waals surface area contributed by atoms with Crippen LogP contribution in [0.2, 0.25) is 0 Å². The molecule has 3 aromatic rings. The average molecular weight is 974 g/mol. The van der Waals surface area contributed by atoms with Crippen LogP contribution in [-0.4, -0.2) is 112 Å². The van der Waals surface area contributed by atoms with Crippen LogP contribution < -0.4 is 24.8 Å². The van der Waals surface area contributed by atoms with Gasteiger partial charge in [0, 0.05) is 36.1 Å². The zero-order chi connectivity index (χ0) is 49.1. The molecule has 4 aliphatic rings. The largest absolute Gasteiger partial charge is 0.497 e. The number of aromatic nitrogens is 3. The Labute approximate surface area is 380 Å². The second-order valence-electron chi connectivity index (χ2n) is 18.4. The van der Waals surface area contributed by atoms with Gasteiger partial charge in [-0.3, -0.25) is 19.1 Å². The third kappa shape index (κ3) is 9.99. The number of carbonyl (C=O) groups is 4. The van der Waals surface area contributed by atoms with E-state index in [4.69, 9.17) is 14.2 Å². The van der Waals surface area contributed by atoms with E-state index in [0.29, 0.717) is 37.8 Å². The fourth-order valence-corrected chi connectivity index (χ4v) is 9.91. The summed E-state index contributed by atoms with van der Waals surface area (Å²) in [5, 5.41) is 8.90. The molecule has 4 heterocycles. The van der Waals surface area contributed by atoms with Crippen molar-refractivity contribution in [2.24, 2.45) is 17.8 Å². The van der Waals surface area contributed by atoms with Crippen LogP contribution in [0, 0.1) is 17.8 Å². The summed E-state index contributed by atoms with van der Waals surface area (Å²) in [6, 6.07) is 3.49. The van der Waals surface area contributed by atoms with Crippen LogP contribution in [-0.2, 0) is 35.3 Å². The number of benzene rings is 1. The van der Waals surface area contributed by atoms with E-state index in [1.807, 2.05) is 11.6 Å². The molecule has 3 fully saturated rings. The number of allylic oxidation sites excluding steroid dienone is 1. The molecule has 4 amide bonds. The minimum absolute atomic E-state index is 0.0115. The lowest BCUT2D eigenvalue weighted by Crippen LogP contribution is -2.60. The minimum atomic E-state index is -5.00. The lowest BCUT2D eigenvalue weighted by atomic mass is 9.88. The molecule has 7 rings (SSSR count). The second kappa shape index (κ2) is 17.8. The molecule has 67 heavy (non-hydrogen) atoms. The Morgan fingerprint density at radius 3 is 2.37 bits per heavy atom. The highest BCUT2D eigenvalue weighted by atomic mass is 32.2. The number of alkyl halides is 7. The van der Waals surface area contributed by atoms with Crippen LogP contribution in [0.15, 0.2) is 48.7 Å². The Balaban J connectivity index is 1.27. The lowest BCUT2D eigenvalue weighted by Gasteiger charge is -2.34. The quantitative estimate of drug-likeness (QED) is 0.158. The molecule has 3 N–H and O–H groups in total. The molecule has 1 unspecified atom stereocenters. The molecule has 2 saturated carbocycles. The van der Waals surface area contributed by atoms with Crippen LogP contribution in [0.3, 0.4) is 0 Å². The number of alkyl carbamates (subject to hydrolysis) is 1. The van der Waals surface area contributed by atoms with Crippen molar-refractivity contribution in [3.63, 3.8) is 0 Å². The first-order valence-electron chi connectivity index (χ1n) is 21.5. The molecular weight excluding hydrogens is 924 g/mol. The van der Waals surface area contributed by atoms with Crippen molar-refractivity contribution < 1.29 is 72.5 Å². The van der Waals surface area contributed by atoms with Crippen molar-refractivity contribution in [2.75, 3.05) is 20.3 Å². The Hall–Kier alpha value is -5.68. The van der Waals surface area contributed by atoms with E-state index in [0.717, 1.165) is 21.8 Å². The number of hydrogen-bond acceptors (Lipinski definition) is 11. The molecule has 366 valence electrons. The summed E-state index contributed by atoms with van der Waals surface area (Å²) >= 11 is 0. The van der Waals surface area contributed by atoms with E-state index in [-0.39, 0.29) is 55.1 Å². The summed E-state index contributed by atoms with van der Waals surface area (Å²) in [5.41, 5.74) is -5.89. The Morgan fingerprint density at radius 2 is 1.75 bits per heavy atom. The highest BCUT2D eigenvalue weighted by Crippen LogP contribution is 2.48. The normalized spacial score (nSPS) is 27.4. The van der Waals surface area contributed by atoms with Gasteiger partial charge in [0.05, 0.1) is 19.2 Å². The highest BCUT2D eigenvalue weighted by Gasteiger charge is 2.64. The molecule has 24 heteroatoms. The van der Waals surface area contributed by atoms with Gasteiger partial charge in [0.15, 0.2) is 11.5 Å². The number of rotatable bonds is 10.